The van der Waals surface area contributed by atoms with Crippen LogP contribution in [0.15, 0.2) is 11.4 Å². The van der Waals surface area contributed by atoms with Crippen LogP contribution in [-0.2, 0) is 6.54 Å². The second kappa shape index (κ2) is 6.94. The van der Waals surface area contributed by atoms with Crippen LogP contribution in [-0.4, -0.2) is 29.7 Å². The highest BCUT2D eigenvalue weighted by Crippen LogP contribution is 2.22. The highest BCUT2D eigenvalue weighted by Gasteiger charge is 2.17. The summed E-state index contributed by atoms with van der Waals surface area (Å²) < 4.78 is 0. The van der Waals surface area contributed by atoms with Crippen molar-refractivity contribution in [3.05, 3.63) is 21.9 Å². The van der Waals surface area contributed by atoms with E-state index in [0.29, 0.717) is 6.42 Å². The number of piperidine rings is 1. The van der Waals surface area contributed by atoms with Gasteiger partial charge in [0.05, 0.1) is 6.61 Å². The minimum absolute atomic E-state index is 0.149. The van der Waals surface area contributed by atoms with Crippen LogP contribution in [0.5, 0.6) is 0 Å². The lowest BCUT2D eigenvalue weighted by Gasteiger charge is -2.30. The zero-order valence-electron chi connectivity index (χ0n) is 11.0. The van der Waals surface area contributed by atoms with Crippen molar-refractivity contribution in [1.29, 1.82) is 0 Å². The maximum Gasteiger partial charge on any atom is 0.0540 e. The number of aliphatic hydroxyl groups excluding tert-OH is 1. The molecule has 1 aliphatic rings. The van der Waals surface area contributed by atoms with E-state index in [-0.39, 0.29) is 6.61 Å². The summed E-state index contributed by atoms with van der Waals surface area (Å²) in [5.74, 6) is 7.00. The van der Waals surface area contributed by atoms with Crippen molar-refractivity contribution in [2.75, 3.05) is 19.7 Å². The van der Waals surface area contributed by atoms with Crippen molar-refractivity contribution < 1.29 is 5.11 Å². The van der Waals surface area contributed by atoms with Gasteiger partial charge in [-0.2, -0.15) is 0 Å². The van der Waals surface area contributed by atoms with E-state index >= 15 is 0 Å². The van der Waals surface area contributed by atoms with Gasteiger partial charge in [-0.05, 0) is 36.8 Å². The molecule has 1 aromatic heterocycles. The average Bonchev–Trinajstić information content (AvgIpc) is 2.77. The first-order chi connectivity index (χ1) is 8.79. The van der Waals surface area contributed by atoms with Gasteiger partial charge in [-0.3, -0.25) is 4.90 Å². The van der Waals surface area contributed by atoms with Crippen LogP contribution in [0, 0.1) is 17.8 Å². The van der Waals surface area contributed by atoms with Gasteiger partial charge >= 0.3 is 0 Å². The smallest absolute Gasteiger partial charge is 0.0540 e. The Kier molecular flexibility index (Phi) is 5.25. The second-order valence-corrected chi connectivity index (χ2v) is 6.02. The normalized spacial score (nSPS) is 20.4. The van der Waals surface area contributed by atoms with E-state index in [1.54, 1.807) is 11.3 Å². The summed E-state index contributed by atoms with van der Waals surface area (Å²) in [6.07, 6.45) is 3.25. The molecule has 2 rings (SSSR count). The molecule has 1 aliphatic heterocycles. The molecule has 1 N–H and O–H groups in total. The Morgan fingerprint density at radius 2 is 2.44 bits per heavy atom. The fourth-order valence-electron chi connectivity index (χ4n) is 2.42. The van der Waals surface area contributed by atoms with Crippen LogP contribution in [0.2, 0.25) is 0 Å². The van der Waals surface area contributed by atoms with Gasteiger partial charge in [-0.15, -0.1) is 11.3 Å². The lowest BCUT2D eigenvalue weighted by atomic mass is 10.0. The van der Waals surface area contributed by atoms with Crippen LogP contribution in [0.4, 0.5) is 0 Å². The summed E-state index contributed by atoms with van der Waals surface area (Å²) in [5.41, 5.74) is 1.15. The molecule has 2 nitrogen and oxygen atoms in total. The molecular formula is C15H21NOS. The molecule has 0 bridgehead atoms. The maximum atomic E-state index is 8.75. The molecule has 2 heterocycles. The molecule has 1 aromatic rings. The molecular weight excluding hydrogens is 242 g/mol. The van der Waals surface area contributed by atoms with Gasteiger partial charge in [0, 0.05) is 30.0 Å². The predicted molar refractivity (Wildman–Crippen MR) is 76.6 cm³/mol. The molecule has 1 fully saturated rings. The van der Waals surface area contributed by atoms with Crippen molar-refractivity contribution in [3.8, 4) is 11.8 Å². The Morgan fingerprint density at radius 1 is 1.56 bits per heavy atom. The first-order valence-electron chi connectivity index (χ1n) is 6.68. The molecule has 1 unspecified atom stereocenters. The third kappa shape index (κ3) is 3.84. The minimum Gasteiger partial charge on any atom is -0.395 e. The highest BCUT2D eigenvalue weighted by molar-refractivity contribution is 7.10. The number of hydrogen-bond acceptors (Lipinski definition) is 3. The van der Waals surface area contributed by atoms with Crippen molar-refractivity contribution in [2.24, 2.45) is 5.92 Å². The fourth-order valence-corrected chi connectivity index (χ4v) is 3.29. The molecule has 0 saturated carbocycles. The second-order valence-electron chi connectivity index (χ2n) is 5.02. The lowest BCUT2D eigenvalue weighted by molar-refractivity contribution is 0.178. The van der Waals surface area contributed by atoms with Gasteiger partial charge < -0.3 is 5.11 Å². The Bertz CT molecular complexity index is 429. The van der Waals surface area contributed by atoms with Crippen LogP contribution >= 0.6 is 11.3 Å². The quantitative estimate of drug-likeness (QED) is 0.848. The molecule has 0 amide bonds. The van der Waals surface area contributed by atoms with Gasteiger partial charge in [-0.25, -0.2) is 0 Å². The van der Waals surface area contributed by atoms with E-state index in [4.69, 9.17) is 5.11 Å². The predicted octanol–water partition coefficient (Wildman–Crippen LogP) is 2.71. The minimum atomic E-state index is 0.149. The van der Waals surface area contributed by atoms with Crippen LogP contribution < -0.4 is 0 Å². The number of hydrogen-bond donors (Lipinski definition) is 1. The summed E-state index contributed by atoms with van der Waals surface area (Å²) in [7, 11) is 0. The monoisotopic (exact) mass is 263 g/mol. The van der Waals surface area contributed by atoms with E-state index in [0.717, 1.165) is 18.0 Å². The first-order valence-corrected chi connectivity index (χ1v) is 7.56. The van der Waals surface area contributed by atoms with Crippen LogP contribution in [0.1, 0.15) is 36.6 Å². The molecule has 18 heavy (non-hydrogen) atoms. The van der Waals surface area contributed by atoms with Gasteiger partial charge in [-0.1, -0.05) is 18.8 Å². The Balaban J connectivity index is 1.97. The summed E-state index contributed by atoms with van der Waals surface area (Å²) in [5, 5.41) is 10.9. The molecule has 1 saturated heterocycles. The SMILES string of the molecule is CC1CCCN(Cc2sccc2C#CCCO)C1. The number of thiophene rings is 1. The molecule has 0 aliphatic carbocycles. The van der Waals surface area contributed by atoms with Gasteiger partial charge in [0.2, 0.25) is 0 Å². The molecule has 98 valence electrons. The maximum absolute atomic E-state index is 8.75. The average molecular weight is 263 g/mol. The van der Waals surface area contributed by atoms with Crippen LogP contribution in [0.25, 0.3) is 0 Å². The summed E-state index contributed by atoms with van der Waals surface area (Å²) in [6, 6.07) is 2.09. The van der Waals surface area contributed by atoms with E-state index in [9.17, 15) is 0 Å². The zero-order valence-corrected chi connectivity index (χ0v) is 11.8. The number of likely N-dealkylation sites (tertiary alicyclic amines) is 1. The number of rotatable bonds is 3. The van der Waals surface area contributed by atoms with Crippen molar-refractivity contribution in [2.45, 2.75) is 32.7 Å². The van der Waals surface area contributed by atoms with E-state index < -0.39 is 0 Å². The molecule has 0 aromatic carbocycles. The Labute approximate surface area is 114 Å². The van der Waals surface area contributed by atoms with Gasteiger partial charge in [0.15, 0.2) is 0 Å². The fraction of sp³-hybridized carbons (Fsp3) is 0.600. The number of nitrogens with zero attached hydrogens (tertiary/aromatic N) is 1. The molecule has 0 radical (unpaired) electrons. The third-order valence-electron chi connectivity index (χ3n) is 3.31. The standard InChI is InChI=1S/C15H21NOS/c1-13-5-4-8-16(11-13)12-15-14(7-10-18-15)6-2-3-9-17/h7,10,13,17H,3-5,8-9,11-12H2,1H3. The largest absolute Gasteiger partial charge is 0.395 e. The van der Waals surface area contributed by atoms with Crippen molar-refractivity contribution in [3.63, 3.8) is 0 Å². The highest BCUT2D eigenvalue weighted by atomic mass is 32.1. The van der Waals surface area contributed by atoms with E-state index in [2.05, 4.69) is 35.1 Å². The van der Waals surface area contributed by atoms with E-state index in [1.165, 1.54) is 30.8 Å². The first kappa shape index (κ1) is 13.6. The Morgan fingerprint density at radius 3 is 3.22 bits per heavy atom. The summed E-state index contributed by atoms with van der Waals surface area (Å²) >= 11 is 1.80. The topological polar surface area (TPSA) is 23.5 Å². The Hall–Kier alpha value is -0.820. The number of aliphatic hydroxyl groups is 1. The van der Waals surface area contributed by atoms with E-state index in [1.807, 2.05) is 0 Å². The third-order valence-corrected chi connectivity index (χ3v) is 4.22. The molecule has 0 spiro atoms. The summed E-state index contributed by atoms with van der Waals surface area (Å²) in [6.45, 7) is 5.94. The van der Waals surface area contributed by atoms with Gasteiger partial charge in [0.1, 0.15) is 0 Å². The van der Waals surface area contributed by atoms with Crippen LogP contribution in [0.3, 0.4) is 0 Å². The summed E-state index contributed by atoms with van der Waals surface area (Å²) in [4.78, 5) is 3.91. The lowest BCUT2D eigenvalue weighted by Crippen LogP contribution is -2.33. The van der Waals surface area contributed by atoms with Crippen molar-refractivity contribution >= 4 is 11.3 Å². The molecule has 3 heteroatoms. The van der Waals surface area contributed by atoms with Crippen molar-refractivity contribution in [1.82, 2.24) is 4.90 Å². The van der Waals surface area contributed by atoms with Gasteiger partial charge in [0.25, 0.3) is 0 Å². The molecule has 1 atom stereocenters. The zero-order chi connectivity index (χ0) is 12.8.